The van der Waals surface area contributed by atoms with Gasteiger partial charge in [0.25, 0.3) is 0 Å². The van der Waals surface area contributed by atoms with Gasteiger partial charge in [0, 0.05) is 18.3 Å². The molecule has 2 rings (SSSR count). The van der Waals surface area contributed by atoms with Gasteiger partial charge in [0.05, 0.1) is 19.8 Å². The standard InChI is InChI=1S/C13H11N3O3/c1-17-11-7-10(4-3-9(11)8-14)19-13-15-6-5-12(16-13)18-2/h3-7H,1-2H3. The van der Waals surface area contributed by atoms with E-state index in [1.54, 1.807) is 24.3 Å². The van der Waals surface area contributed by atoms with Crippen molar-refractivity contribution in [2.24, 2.45) is 0 Å². The summed E-state index contributed by atoms with van der Waals surface area (Å²) in [6.45, 7) is 0. The van der Waals surface area contributed by atoms with E-state index in [1.807, 2.05) is 6.07 Å². The molecule has 0 bridgehead atoms. The number of methoxy groups -OCH3 is 2. The summed E-state index contributed by atoms with van der Waals surface area (Å²) in [7, 11) is 3.00. The molecule has 0 spiro atoms. The van der Waals surface area contributed by atoms with Gasteiger partial charge in [-0.1, -0.05) is 0 Å². The number of aromatic nitrogens is 2. The van der Waals surface area contributed by atoms with Crippen molar-refractivity contribution in [1.29, 1.82) is 5.26 Å². The molecule has 19 heavy (non-hydrogen) atoms. The Bertz CT molecular complexity index is 623. The Morgan fingerprint density at radius 1 is 1.16 bits per heavy atom. The first kappa shape index (κ1) is 12.6. The highest BCUT2D eigenvalue weighted by atomic mass is 16.5. The molecule has 6 heteroatoms. The summed E-state index contributed by atoms with van der Waals surface area (Å²) < 4.78 is 15.5. The minimum atomic E-state index is 0.158. The minimum absolute atomic E-state index is 0.158. The first-order valence-electron chi connectivity index (χ1n) is 5.40. The summed E-state index contributed by atoms with van der Waals surface area (Å²) in [6, 6.07) is 8.65. The van der Waals surface area contributed by atoms with E-state index < -0.39 is 0 Å². The van der Waals surface area contributed by atoms with Crippen molar-refractivity contribution in [2.45, 2.75) is 0 Å². The van der Waals surface area contributed by atoms with Gasteiger partial charge in [-0.2, -0.15) is 10.2 Å². The Hall–Kier alpha value is -2.81. The van der Waals surface area contributed by atoms with Crippen molar-refractivity contribution in [3.05, 3.63) is 36.0 Å². The van der Waals surface area contributed by atoms with E-state index in [1.165, 1.54) is 20.4 Å². The second-order valence-corrected chi connectivity index (χ2v) is 3.46. The SMILES string of the molecule is COc1ccnc(Oc2ccc(C#N)c(OC)c2)n1. The van der Waals surface area contributed by atoms with Gasteiger partial charge < -0.3 is 14.2 Å². The molecule has 1 heterocycles. The molecule has 0 saturated carbocycles. The lowest BCUT2D eigenvalue weighted by Crippen LogP contribution is -1.95. The van der Waals surface area contributed by atoms with Gasteiger partial charge in [0.2, 0.25) is 5.88 Å². The summed E-state index contributed by atoms with van der Waals surface area (Å²) in [4.78, 5) is 7.98. The monoisotopic (exact) mass is 257 g/mol. The van der Waals surface area contributed by atoms with Gasteiger partial charge in [-0.05, 0) is 12.1 Å². The Balaban J connectivity index is 2.26. The minimum Gasteiger partial charge on any atom is -0.495 e. The molecule has 0 N–H and O–H groups in total. The molecular weight excluding hydrogens is 246 g/mol. The van der Waals surface area contributed by atoms with Crippen LogP contribution in [0.1, 0.15) is 5.56 Å². The second-order valence-electron chi connectivity index (χ2n) is 3.46. The summed E-state index contributed by atoms with van der Waals surface area (Å²) in [5.74, 6) is 1.32. The number of nitriles is 1. The Labute approximate surface area is 110 Å². The maximum absolute atomic E-state index is 8.89. The summed E-state index contributed by atoms with van der Waals surface area (Å²) in [6.07, 6.45) is 1.53. The molecule has 0 aliphatic rings. The van der Waals surface area contributed by atoms with E-state index in [2.05, 4.69) is 9.97 Å². The third kappa shape index (κ3) is 2.90. The van der Waals surface area contributed by atoms with Crippen molar-refractivity contribution < 1.29 is 14.2 Å². The van der Waals surface area contributed by atoms with Gasteiger partial charge in [-0.15, -0.1) is 0 Å². The number of nitrogens with zero attached hydrogens (tertiary/aromatic N) is 3. The first-order valence-corrected chi connectivity index (χ1v) is 5.40. The molecule has 0 atom stereocenters. The van der Waals surface area contributed by atoms with Gasteiger partial charge in [-0.3, -0.25) is 0 Å². The molecule has 0 aliphatic heterocycles. The highest BCUT2D eigenvalue weighted by Gasteiger charge is 2.07. The van der Waals surface area contributed by atoms with E-state index in [-0.39, 0.29) is 6.01 Å². The molecule has 0 radical (unpaired) electrons. The maximum atomic E-state index is 8.89. The van der Waals surface area contributed by atoms with E-state index in [9.17, 15) is 0 Å². The van der Waals surface area contributed by atoms with E-state index in [0.717, 1.165) is 0 Å². The third-order valence-corrected chi connectivity index (χ3v) is 2.32. The highest BCUT2D eigenvalue weighted by Crippen LogP contribution is 2.26. The Kier molecular flexibility index (Phi) is 3.78. The molecule has 0 unspecified atom stereocenters. The van der Waals surface area contributed by atoms with Crippen LogP contribution in [-0.2, 0) is 0 Å². The van der Waals surface area contributed by atoms with Crippen molar-refractivity contribution in [3.63, 3.8) is 0 Å². The molecule has 0 amide bonds. The molecule has 0 fully saturated rings. The maximum Gasteiger partial charge on any atom is 0.325 e. The van der Waals surface area contributed by atoms with Gasteiger partial charge in [0.1, 0.15) is 17.6 Å². The lowest BCUT2D eigenvalue weighted by atomic mass is 10.2. The third-order valence-electron chi connectivity index (χ3n) is 2.32. The summed E-state index contributed by atoms with van der Waals surface area (Å²) in [5, 5.41) is 8.89. The molecule has 1 aromatic heterocycles. The van der Waals surface area contributed by atoms with Crippen LogP contribution in [0.15, 0.2) is 30.5 Å². The fraction of sp³-hybridized carbons (Fsp3) is 0.154. The van der Waals surface area contributed by atoms with E-state index in [4.69, 9.17) is 19.5 Å². The number of ether oxygens (including phenoxy) is 3. The van der Waals surface area contributed by atoms with Crippen LogP contribution in [0.2, 0.25) is 0 Å². The number of hydrogen-bond acceptors (Lipinski definition) is 6. The number of rotatable bonds is 4. The average molecular weight is 257 g/mol. The van der Waals surface area contributed by atoms with Crippen molar-refractivity contribution in [3.8, 4) is 29.5 Å². The fourth-order valence-corrected chi connectivity index (χ4v) is 1.42. The Morgan fingerprint density at radius 3 is 2.68 bits per heavy atom. The zero-order chi connectivity index (χ0) is 13.7. The van der Waals surface area contributed by atoms with Crippen LogP contribution < -0.4 is 14.2 Å². The number of hydrogen-bond donors (Lipinski definition) is 0. The summed E-state index contributed by atoms with van der Waals surface area (Å²) >= 11 is 0. The zero-order valence-corrected chi connectivity index (χ0v) is 10.5. The van der Waals surface area contributed by atoms with E-state index >= 15 is 0 Å². The molecule has 96 valence electrons. The fourth-order valence-electron chi connectivity index (χ4n) is 1.42. The van der Waals surface area contributed by atoms with Gasteiger partial charge >= 0.3 is 6.01 Å². The molecule has 1 aromatic carbocycles. The van der Waals surface area contributed by atoms with Crippen LogP contribution in [0, 0.1) is 11.3 Å². The van der Waals surface area contributed by atoms with Crippen molar-refractivity contribution >= 4 is 0 Å². The van der Waals surface area contributed by atoms with Crippen molar-refractivity contribution in [2.75, 3.05) is 14.2 Å². The second kappa shape index (κ2) is 5.69. The Morgan fingerprint density at radius 2 is 2.00 bits per heavy atom. The first-order chi connectivity index (χ1) is 9.26. The van der Waals surface area contributed by atoms with Crippen LogP contribution in [0.3, 0.4) is 0 Å². The summed E-state index contributed by atoms with van der Waals surface area (Å²) in [5.41, 5.74) is 0.432. The highest BCUT2D eigenvalue weighted by molar-refractivity contribution is 5.47. The van der Waals surface area contributed by atoms with Crippen LogP contribution in [0.5, 0.6) is 23.4 Å². The van der Waals surface area contributed by atoms with Crippen LogP contribution in [0.4, 0.5) is 0 Å². The van der Waals surface area contributed by atoms with E-state index in [0.29, 0.717) is 22.9 Å². The van der Waals surface area contributed by atoms with Gasteiger partial charge in [-0.25, -0.2) is 4.98 Å². The molecule has 6 nitrogen and oxygen atoms in total. The normalized spacial score (nSPS) is 9.53. The predicted molar refractivity (Wildman–Crippen MR) is 66.4 cm³/mol. The number of benzene rings is 1. The van der Waals surface area contributed by atoms with Crippen molar-refractivity contribution in [1.82, 2.24) is 9.97 Å². The smallest absolute Gasteiger partial charge is 0.325 e. The van der Waals surface area contributed by atoms with Crippen LogP contribution in [0.25, 0.3) is 0 Å². The zero-order valence-electron chi connectivity index (χ0n) is 10.5. The molecule has 2 aromatic rings. The largest absolute Gasteiger partial charge is 0.495 e. The molecule has 0 saturated heterocycles. The molecule has 0 aliphatic carbocycles. The topological polar surface area (TPSA) is 77.3 Å². The average Bonchev–Trinajstić information content (AvgIpc) is 2.47. The molecular formula is C13H11N3O3. The lowest BCUT2D eigenvalue weighted by Gasteiger charge is -2.07. The van der Waals surface area contributed by atoms with Gasteiger partial charge in [0.15, 0.2) is 0 Å². The lowest BCUT2D eigenvalue weighted by molar-refractivity contribution is 0.374. The quantitative estimate of drug-likeness (QED) is 0.835. The van der Waals surface area contributed by atoms with Crippen LogP contribution in [-0.4, -0.2) is 24.2 Å². The predicted octanol–water partition coefficient (Wildman–Crippen LogP) is 2.16. The van der Waals surface area contributed by atoms with Crippen LogP contribution >= 0.6 is 0 Å².